The van der Waals surface area contributed by atoms with Crippen molar-refractivity contribution in [2.24, 2.45) is 5.92 Å². The summed E-state index contributed by atoms with van der Waals surface area (Å²) in [4.78, 5) is 0. The molecular formula is C12H15F3N2O2S. The van der Waals surface area contributed by atoms with Gasteiger partial charge in [0.1, 0.15) is 5.82 Å². The van der Waals surface area contributed by atoms with Crippen LogP contribution >= 0.6 is 0 Å². The van der Waals surface area contributed by atoms with E-state index in [1.807, 2.05) is 4.72 Å². The Morgan fingerprint density at radius 1 is 1.10 bits per heavy atom. The molecule has 0 aromatic heterocycles. The highest BCUT2D eigenvalue weighted by molar-refractivity contribution is 7.92. The Kier molecular flexibility index (Phi) is 4.54. The molecule has 0 radical (unpaired) electrons. The van der Waals surface area contributed by atoms with Crippen molar-refractivity contribution < 1.29 is 21.6 Å². The molecule has 0 spiro atoms. The second kappa shape index (κ2) is 6.01. The van der Waals surface area contributed by atoms with Crippen LogP contribution in [-0.2, 0) is 10.0 Å². The first-order valence-electron chi connectivity index (χ1n) is 6.23. The van der Waals surface area contributed by atoms with Crippen LogP contribution in [0.15, 0.2) is 12.1 Å². The molecule has 0 unspecified atom stereocenters. The lowest BCUT2D eigenvalue weighted by Gasteiger charge is -2.22. The van der Waals surface area contributed by atoms with Crippen molar-refractivity contribution >= 4 is 15.7 Å². The third-order valence-corrected chi connectivity index (χ3v) is 4.63. The van der Waals surface area contributed by atoms with Crippen LogP contribution in [0, 0.1) is 23.4 Å². The average Bonchev–Trinajstić information content (AvgIpc) is 2.36. The molecule has 1 aromatic carbocycles. The molecule has 112 valence electrons. The van der Waals surface area contributed by atoms with Crippen molar-refractivity contribution in [2.45, 2.75) is 12.8 Å². The van der Waals surface area contributed by atoms with Crippen LogP contribution in [0.2, 0.25) is 0 Å². The molecule has 4 nitrogen and oxygen atoms in total. The van der Waals surface area contributed by atoms with Gasteiger partial charge in [-0.05, 0) is 31.8 Å². The minimum absolute atomic E-state index is 0.0258. The maximum Gasteiger partial charge on any atom is 0.233 e. The molecule has 0 bridgehead atoms. The van der Waals surface area contributed by atoms with Crippen molar-refractivity contribution in [1.82, 2.24) is 5.32 Å². The van der Waals surface area contributed by atoms with Gasteiger partial charge in [-0.2, -0.15) is 0 Å². The molecule has 1 saturated heterocycles. The van der Waals surface area contributed by atoms with Gasteiger partial charge >= 0.3 is 0 Å². The van der Waals surface area contributed by atoms with Crippen LogP contribution in [0.5, 0.6) is 0 Å². The minimum atomic E-state index is -3.79. The highest BCUT2D eigenvalue weighted by Crippen LogP contribution is 2.21. The monoisotopic (exact) mass is 308 g/mol. The summed E-state index contributed by atoms with van der Waals surface area (Å²) >= 11 is 0. The van der Waals surface area contributed by atoms with Crippen LogP contribution in [0.25, 0.3) is 0 Å². The zero-order valence-corrected chi connectivity index (χ0v) is 11.4. The fourth-order valence-corrected chi connectivity index (χ4v) is 3.70. The summed E-state index contributed by atoms with van der Waals surface area (Å²) in [7, 11) is -3.79. The molecule has 1 fully saturated rings. The predicted octanol–water partition coefficient (Wildman–Crippen LogP) is 1.85. The van der Waals surface area contributed by atoms with Crippen LogP contribution in [0.3, 0.4) is 0 Å². The van der Waals surface area contributed by atoms with Gasteiger partial charge < -0.3 is 5.32 Å². The molecule has 8 heteroatoms. The van der Waals surface area contributed by atoms with Gasteiger partial charge in [0.2, 0.25) is 10.0 Å². The first kappa shape index (κ1) is 15.1. The summed E-state index contributed by atoms with van der Waals surface area (Å²) in [5.74, 6) is -3.98. The van der Waals surface area contributed by atoms with Gasteiger partial charge in [0.05, 0.1) is 11.4 Å². The van der Waals surface area contributed by atoms with E-state index in [1.54, 1.807) is 0 Å². The zero-order valence-electron chi connectivity index (χ0n) is 10.6. The molecule has 1 aliphatic rings. The van der Waals surface area contributed by atoms with Gasteiger partial charge in [0.15, 0.2) is 11.6 Å². The Hall–Kier alpha value is -1.28. The summed E-state index contributed by atoms with van der Waals surface area (Å²) in [5, 5.41) is 3.11. The zero-order chi connectivity index (χ0) is 14.8. The number of rotatable bonds is 4. The second-order valence-corrected chi connectivity index (χ2v) is 6.59. The van der Waals surface area contributed by atoms with E-state index in [-0.39, 0.29) is 11.7 Å². The molecule has 0 atom stereocenters. The Bertz CT molecular complexity index is 587. The molecule has 20 heavy (non-hydrogen) atoms. The molecule has 0 aliphatic carbocycles. The molecule has 1 heterocycles. The molecular weight excluding hydrogens is 293 g/mol. The van der Waals surface area contributed by atoms with Crippen molar-refractivity contribution in [1.29, 1.82) is 0 Å². The van der Waals surface area contributed by atoms with Gasteiger partial charge in [-0.1, -0.05) is 0 Å². The third kappa shape index (κ3) is 3.86. The predicted molar refractivity (Wildman–Crippen MR) is 69.3 cm³/mol. The summed E-state index contributed by atoms with van der Waals surface area (Å²) in [6, 6.07) is 0.822. The normalized spacial score (nSPS) is 17.1. The molecule has 2 rings (SSSR count). The van der Waals surface area contributed by atoms with Gasteiger partial charge in [-0.25, -0.2) is 21.6 Å². The lowest BCUT2D eigenvalue weighted by atomic mass is 10.0. The Morgan fingerprint density at radius 3 is 2.35 bits per heavy atom. The molecule has 1 aromatic rings. The van der Waals surface area contributed by atoms with Crippen LogP contribution in [0.1, 0.15) is 12.8 Å². The molecule has 2 N–H and O–H groups in total. The number of piperidine rings is 1. The van der Waals surface area contributed by atoms with E-state index < -0.39 is 33.2 Å². The molecule has 1 aliphatic heterocycles. The minimum Gasteiger partial charge on any atom is -0.317 e. The summed E-state index contributed by atoms with van der Waals surface area (Å²) in [5.41, 5.74) is -0.571. The second-order valence-electron chi connectivity index (χ2n) is 4.82. The fraction of sp³-hybridized carbons (Fsp3) is 0.500. The van der Waals surface area contributed by atoms with Crippen molar-refractivity contribution in [3.05, 3.63) is 29.6 Å². The third-order valence-electron chi connectivity index (χ3n) is 3.19. The van der Waals surface area contributed by atoms with Crippen molar-refractivity contribution in [3.63, 3.8) is 0 Å². The first-order valence-corrected chi connectivity index (χ1v) is 7.88. The van der Waals surface area contributed by atoms with E-state index in [1.165, 1.54) is 0 Å². The number of hydrogen-bond donors (Lipinski definition) is 2. The molecule has 0 saturated carbocycles. The number of halogens is 3. The highest BCUT2D eigenvalue weighted by Gasteiger charge is 2.22. The summed E-state index contributed by atoms with van der Waals surface area (Å²) in [6.07, 6.45) is 1.42. The standard InChI is InChI=1S/C12H15F3N2O2S/c13-9-5-11(15)12(6-10(9)14)17-20(18,19)7-8-1-3-16-4-2-8/h5-6,8,16-17H,1-4,7H2. The summed E-state index contributed by atoms with van der Waals surface area (Å²) < 4.78 is 64.9. The number of anilines is 1. The highest BCUT2D eigenvalue weighted by atomic mass is 32.2. The van der Waals surface area contributed by atoms with Gasteiger partial charge in [0, 0.05) is 12.1 Å². The van der Waals surface area contributed by atoms with Crippen molar-refractivity contribution in [3.8, 4) is 0 Å². The van der Waals surface area contributed by atoms with Gasteiger partial charge in [-0.15, -0.1) is 0 Å². The van der Waals surface area contributed by atoms with Gasteiger partial charge in [0.25, 0.3) is 0 Å². The maximum atomic E-state index is 13.4. The Labute approximate surface area is 115 Å². The lowest BCUT2D eigenvalue weighted by Crippen LogP contribution is -2.33. The van der Waals surface area contributed by atoms with Crippen LogP contribution < -0.4 is 10.0 Å². The molecule has 0 amide bonds. The smallest absolute Gasteiger partial charge is 0.233 e. The largest absolute Gasteiger partial charge is 0.317 e. The topological polar surface area (TPSA) is 58.2 Å². The lowest BCUT2D eigenvalue weighted by molar-refractivity contribution is 0.402. The van der Waals surface area contributed by atoms with E-state index in [2.05, 4.69) is 5.32 Å². The van der Waals surface area contributed by atoms with E-state index in [0.717, 1.165) is 13.1 Å². The number of hydrogen-bond acceptors (Lipinski definition) is 3. The number of nitrogens with one attached hydrogen (secondary N) is 2. The van der Waals surface area contributed by atoms with E-state index in [4.69, 9.17) is 0 Å². The van der Waals surface area contributed by atoms with E-state index in [9.17, 15) is 21.6 Å². The number of sulfonamides is 1. The fourth-order valence-electron chi connectivity index (χ4n) is 2.17. The van der Waals surface area contributed by atoms with Crippen molar-refractivity contribution in [2.75, 3.05) is 23.6 Å². The first-order chi connectivity index (χ1) is 9.37. The quantitative estimate of drug-likeness (QED) is 0.835. The average molecular weight is 308 g/mol. The number of benzene rings is 1. The Morgan fingerprint density at radius 2 is 1.70 bits per heavy atom. The Balaban J connectivity index is 2.09. The van der Waals surface area contributed by atoms with Crippen LogP contribution in [-0.4, -0.2) is 27.3 Å². The van der Waals surface area contributed by atoms with Crippen LogP contribution in [0.4, 0.5) is 18.9 Å². The summed E-state index contributed by atoms with van der Waals surface area (Å²) in [6.45, 7) is 1.47. The van der Waals surface area contributed by atoms with Gasteiger partial charge in [-0.3, -0.25) is 4.72 Å². The van der Waals surface area contributed by atoms with E-state index >= 15 is 0 Å². The maximum absolute atomic E-state index is 13.4. The SMILES string of the molecule is O=S(=O)(CC1CCNCC1)Nc1cc(F)c(F)cc1F. The van der Waals surface area contributed by atoms with E-state index in [0.29, 0.717) is 25.0 Å².